The zero-order chi connectivity index (χ0) is 41.3. The Morgan fingerprint density at radius 2 is 1.62 bits per heavy atom. The third-order valence-corrected chi connectivity index (χ3v) is 15.1. The molecule has 4 rings (SSSR count). The topological polar surface area (TPSA) is 191 Å². The Kier molecular flexibility index (Phi) is 13.1. The predicted molar refractivity (Wildman–Crippen MR) is 212 cm³/mol. The van der Waals surface area contributed by atoms with E-state index in [-0.39, 0.29) is 40.5 Å². The molecule has 1 aromatic heterocycles. The van der Waals surface area contributed by atoms with Crippen LogP contribution in [0.4, 0.5) is 4.79 Å². The Balaban J connectivity index is 1.56. The second kappa shape index (κ2) is 16.4. The molecule has 1 saturated heterocycles. The van der Waals surface area contributed by atoms with Gasteiger partial charge in [-0.05, 0) is 59.1 Å². The molecule has 2 aromatic rings. The van der Waals surface area contributed by atoms with Gasteiger partial charge in [-0.3, -0.25) is 14.4 Å². The lowest BCUT2D eigenvalue weighted by Gasteiger charge is -2.38. The van der Waals surface area contributed by atoms with E-state index in [0.717, 1.165) is 11.3 Å². The van der Waals surface area contributed by atoms with Crippen LogP contribution in [0.3, 0.4) is 0 Å². The van der Waals surface area contributed by atoms with Gasteiger partial charge in [0, 0.05) is 32.1 Å². The van der Waals surface area contributed by atoms with Crippen LogP contribution in [0.2, 0.25) is 0 Å². The molecule has 2 fully saturated rings. The maximum Gasteiger partial charge on any atom is 0.315 e. The smallest absolute Gasteiger partial charge is 0.315 e. The van der Waals surface area contributed by atoms with Crippen molar-refractivity contribution in [3.63, 3.8) is 0 Å². The highest BCUT2D eigenvalue weighted by atomic mass is 32.2. The number of sulfonamides is 2. The SMILES string of the molecule is C=C[C@@H]1C[C@]1(NC(=O)C1[C@@H](C(C)C)CCN1C(=O)C(NC(=O)NC(CN(C)S(=O)(=O)c1cccs1)C(C)(C)C)C(C)(C)C)C(=O)NS(=O)(=O)c1ccccc1. The summed E-state index contributed by atoms with van der Waals surface area (Å²) in [6.07, 6.45) is 2.09. The van der Waals surface area contributed by atoms with Crippen molar-refractivity contribution in [3.8, 4) is 0 Å². The summed E-state index contributed by atoms with van der Waals surface area (Å²) < 4.78 is 56.0. The largest absolute Gasteiger partial charge is 0.339 e. The summed E-state index contributed by atoms with van der Waals surface area (Å²) in [4.78, 5) is 57.6. The number of urea groups is 1. The summed E-state index contributed by atoms with van der Waals surface area (Å²) in [5.74, 6) is -2.92. The average molecular weight is 821 g/mol. The van der Waals surface area contributed by atoms with E-state index in [1.807, 2.05) is 34.6 Å². The molecule has 2 aliphatic rings. The Hall–Kier alpha value is -3.80. The molecule has 5 amide bonds. The number of likely N-dealkylation sites (tertiary alicyclic amines) is 1. The van der Waals surface area contributed by atoms with Crippen LogP contribution >= 0.6 is 11.3 Å². The molecule has 17 heteroatoms. The number of carbonyl (C=O) groups is 4. The molecule has 0 bridgehead atoms. The van der Waals surface area contributed by atoms with E-state index >= 15 is 0 Å². The molecule has 6 atom stereocenters. The van der Waals surface area contributed by atoms with Crippen molar-refractivity contribution in [2.24, 2.45) is 28.6 Å². The normalized spacial score (nSPS) is 22.8. The molecule has 1 aliphatic heterocycles. The fourth-order valence-electron chi connectivity index (χ4n) is 6.90. The van der Waals surface area contributed by atoms with Gasteiger partial charge in [0.15, 0.2) is 0 Å². The number of nitrogens with one attached hydrogen (secondary N) is 4. The Labute approximate surface area is 330 Å². The van der Waals surface area contributed by atoms with Crippen molar-refractivity contribution >= 4 is 55.1 Å². The first-order chi connectivity index (χ1) is 25.4. The molecule has 4 N–H and O–H groups in total. The number of hydrogen-bond donors (Lipinski definition) is 4. The Morgan fingerprint density at radius 1 is 0.982 bits per heavy atom. The van der Waals surface area contributed by atoms with E-state index in [1.165, 1.54) is 52.7 Å². The van der Waals surface area contributed by atoms with Gasteiger partial charge >= 0.3 is 6.03 Å². The van der Waals surface area contributed by atoms with Crippen LogP contribution in [0.25, 0.3) is 0 Å². The van der Waals surface area contributed by atoms with Gasteiger partial charge in [-0.25, -0.2) is 26.4 Å². The predicted octanol–water partition coefficient (Wildman–Crippen LogP) is 3.94. The highest BCUT2D eigenvalue weighted by molar-refractivity contribution is 7.91. The number of thiophene rings is 1. The molecule has 1 saturated carbocycles. The van der Waals surface area contributed by atoms with Crippen LogP contribution in [0.15, 0.2) is 69.6 Å². The maximum absolute atomic E-state index is 14.6. The van der Waals surface area contributed by atoms with Gasteiger partial charge in [0.05, 0.1) is 4.90 Å². The number of amides is 5. The van der Waals surface area contributed by atoms with Gasteiger partial charge in [-0.15, -0.1) is 17.9 Å². The third-order valence-electron chi connectivity index (χ3n) is 10.5. The van der Waals surface area contributed by atoms with Crippen molar-refractivity contribution in [2.75, 3.05) is 20.1 Å². The molecular formula is C38H56N6O8S3. The van der Waals surface area contributed by atoms with Crippen LogP contribution in [0.1, 0.15) is 68.2 Å². The lowest BCUT2D eigenvalue weighted by atomic mass is 9.84. The van der Waals surface area contributed by atoms with Crippen LogP contribution in [-0.4, -0.2) is 93.6 Å². The molecule has 2 heterocycles. The zero-order valence-corrected chi connectivity index (χ0v) is 35.5. The van der Waals surface area contributed by atoms with Gasteiger partial charge in [0.2, 0.25) is 11.8 Å². The number of rotatable bonds is 14. The van der Waals surface area contributed by atoms with Crippen LogP contribution in [-0.2, 0) is 34.4 Å². The summed E-state index contributed by atoms with van der Waals surface area (Å²) >= 11 is 1.10. The molecule has 0 spiro atoms. The van der Waals surface area contributed by atoms with Crippen LogP contribution in [0, 0.1) is 28.6 Å². The summed E-state index contributed by atoms with van der Waals surface area (Å²) in [5.41, 5.74) is -3.01. The number of nitrogens with zero attached hydrogens (tertiary/aromatic N) is 2. The molecule has 0 radical (unpaired) electrons. The molecule has 14 nitrogen and oxygen atoms in total. The standard InChI is InChI=1S/C38H56N6O8S3/c1-11-25-22-38(25,34(47)42-54(49,50)26-16-13-12-14-17-26)41-32(45)30-27(24(2)3)19-20-44(30)33(46)31(37(7,8)9)40-35(48)39-28(36(4,5)6)23-43(10)55(51,52)29-18-15-21-53-29/h11-18,21,24-25,27-28,30-31H,1,19-20,22-23H2,2-10H3,(H,41,45)(H,42,47)(H2,39,40,48)/t25-,27-,28?,30?,31?,38-/m1/s1. The second-order valence-corrected chi connectivity index (χ2v) is 21.9. The number of benzene rings is 1. The highest BCUT2D eigenvalue weighted by Crippen LogP contribution is 2.46. The highest BCUT2D eigenvalue weighted by Gasteiger charge is 2.62. The minimum Gasteiger partial charge on any atom is -0.339 e. The third kappa shape index (κ3) is 9.78. The van der Waals surface area contributed by atoms with Crippen molar-refractivity contribution in [2.45, 2.75) is 101 Å². The van der Waals surface area contributed by atoms with Crippen molar-refractivity contribution in [1.29, 1.82) is 0 Å². The first-order valence-corrected chi connectivity index (χ1v) is 22.1. The minimum atomic E-state index is -4.25. The fraction of sp³-hybridized carbons (Fsp3) is 0.579. The van der Waals surface area contributed by atoms with Crippen molar-refractivity contribution < 1.29 is 36.0 Å². The van der Waals surface area contributed by atoms with E-state index in [4.69, 9.17) is 0 Å². The summed E-state index contributed by atoms with van der Waals surface area (Å²) in [5, 5.41) is 10.2. The van der Waals surface area contributed by atoms with Gasteiger partial charge in [-0.1, -0.05) is 85.7 Å². The summed E-state index contributed by atoms with van der Waals surface area (Å²) in [6.45, 7) is 18.8. The fourth-order valence-corrected chi connectivity index (χ4v) is 10.3. The Morgan fingerprint density at radius 3 is 2.13 bits per heavy atom. The molecule has 1 aliphatic carbocycles. The van der Waals surface area contributed by atoms with E-state index < -0.39 is 84.2 Å². The lowest BCUT2D eigenvalue weighted by molar-refractivity contribution is -0.144. The number of hydrogen-bond acceptors (Lipinski definition) is 9. The van der Waals surface area contributed by atoms with Gasteiger partial charge in [0.25, 0.3) is 26.0 Å². The summed E-state index contributed by atoms with van der Waals surface area (Å²) in [7, 11) is -6.60. The maximum atomic E-state index is 14.6. The molecular weight excluding hydrogens is 765 g/mol. The molecule has 55 heavy (non-hydrogen) atoms. The first kappa shape index (κ1) is 43.9. The first-order valence-electron chi connectivity index (χ1n) is 18.3. The van der Waals surface area contributed by atoms with Crippen LogP contribution < -0.4 is 20.7 Å². The molecule has 1 aromatic carbocycles. The van der Waals surface area contributed by atoms with Crippen molar-refractivity contribution in [3.05, 3.63) is 60.5 Å². The summed E-state index contributed by atoms with van der Waals surface area (Å²) in [6, 6.07) is 7.10. The van der Waals surface area contributed by atoms with E-state index in [2.05, 4.69) is 27.3 Å². The Bertz CT molecular complexity index is 1960. The average Bonchev–Trinajstić information content (AvgIpc) is 3.42. The van der Waals surface area contributed by atoms with Gasteiger partial charge in [-0.2, -0.15) is 4.31 Å². The lowest BCUT2D eigenvalue weighted by Crippen LogP contribution is -2.63. The monoisotopic (exact) mass is 820 g/mol. The van der Waals surface area contributed by atoms with Crippen molar-refractivity contribution in [1.82, 2.24) is 29.9 Å². The number of carbonyl (C=O) groups excluding carboxylic acids is 4. The van der Waals surface area contributed by atoms with Crippen LogP contribution in [0.5, 0.6) is 0 Å². The van der Waals surface area contributed by atoms with Gasteiger partial charge < -0.3 is 20.9 Å². The quantitative estimate of drug-likeness (QED) is 0.206. The van der Waals surface area contributed by atoms with E-state index in [9.17, 15) is 36.0 Å². The molecule has 304 valence electrons. The number of likely N-dealkylation sites (N-methyl/N-ethyl adjacent to an activating group) is 1. The van der Waals surface area contributed by atoms with E-state index in [0.29, 0.717) is 6.42 Å². The van der Waals surface area contributed by atoms with E-state index in [1.54, 1.807) is 38.3 Å². The van der Waals surface area contributed by atoms with Gasteiger partial charge in [0.1, 0.15) is 21.8 Å². The zero-order valence-electron chi connectivity index (χ0n) is 33.1. The second-order valence-electron chi connectivity index (χ2n) is 17.0. The minimum absolute atomic E-state index is 0.0383. The molecule has 3 unspecified atom stereocenters.